The van der Waals surface area contributed by atoms with Gasteiger partial charge in [0.15, 0.2) is 5.76 Å². The molecule has 210 valence electrons. The van der Waals surface area contributed by atoms with E-state index < -0.39 is 27.6 Å². The van der Waals surface area contributed by atoms with E-state index in [1.165, 1.54) is 66.9 Å². The number of amides is 2. The Morgan fingerprint density at radius 3 is 2.29 bits per heavy atom. The number of carbonyl (C=O) groups excluding carboxylic acids is 3. The average molecular weight is 569 g/mol. The van der Waals surface area contributed by atoms with E-state index >= 15 is 0 Å². The van der Waals surface area contributed by atoms with E-state index in [9.17, 15) is 34.6 Å². The van der Waals surface area contributed by atoms with Gasteiger partial charge in [-0.3, -0.25) is 29.8 Å². The molecule has 0 spiro atoms. The van der Waals surface area contributed by atoms with Crippen LogP contribution in [-0.4, -0.2) is 33.8 Å². The number of carbonyl (C=O) groups is 3. The highest BCUT2D eigenvalue weighted by atomic mass is 16.6. The molecule has 2 N–H and O–H groups in total. The number of nitrogens with zero attached hydrogens (tertiary/aromatic N) is 3. The number of ether oxygens (including phenoxy) is 1. The summed E-state index contributed by atoms with van der Waals surface area (Å²) in [5, 5.41) is 28.6. The summed E-state index contributed by atoms with van der Waals surface area (Å²) in [6.45, 7) is 0. The van der Waals surface area contributed by atoms with Crippen LogP contribution in [0.2, 0.25) is 0 Å². The summed E-state index contributed by atoms with van der Waals surface area (Å²) in [5.41, 5.74) is 2.79. The number of nitro benzene ring substituents is 2. The molecule has 0 atom stereocenters. The minimum atomic E-state index is -0.867. The van der Waals surface area contributed by atoms with Gasteiger partial charge in [0.2, 0.25) is 0 Å². The molecule has 14 nitrogen and oxygen atoms in total. The van der Waals surface area contributed by atoms with E-state index in [1.807, 2.05) is 0 Å². The Kier molecular flexibility index (Phi) is 8.89. The first-order chi connectivity index (χ1) is 20.2. The molecule has 0 radical (unpaired) electrons. The molecular formula is C28H19N5O9. The second-order valence-corrected chi connectivity index (χ2v) is 8.29. The van der Waals surface area contributed by atoms with Crippen molar-refractivity contribution in [3.8, 4) is 5.75 Å². The van der Waals surface area contributed by atoms with Crippen molar-refractivity contribution in [2.24, 2.45) is 5.10 Å². The zero-order valence-electron chi connectivity index (χ0n) is 21.3. The largest absolute Gasteiger partial charge is 0.459 e. The summed E-state index contributed by atoms with van der Waals surface area (Å²) in [6.07, 6.45) is 4.77. The van der Waals surface area contributed by atoms with Crippen molar-refractivity contribution >= 4 is 47.1 Å². The number of esters is 1. The second kappa shape index (κ2) is 13.1. The lowest BCUT2D eigenvalue weighted by Gasteiger charge is -2.06. The van der Waals surface area contributed by atoms with Crippen LogP contribution in [0.3, 0.4) is 0 Å². The van der Waals surface area contributed by atoms with Gasteiger partial charge < -0.3 is 14.5 Å². The molecule has 14 heteroatoms. The molecule has 4 aromatic rings. The number of benzene rings is 3. The lowest BCUT2D eigenvalue weighted by molar-refractivity contribution is -0.385. The molecule has 0 unspecified atom stereocenters. The average Bonchev–Trinajstić information content (AvgIpc) is 3.53. The topological polar surface area (TPSA) is 196 Å². The van der Waals surface area contributed by atoms with Crippen LogP contribution in [0, 0.1) is 20.2 Å². The van der Waals surface area contributed by atoms with Gasteiger partial charge in [0.1, 0.15) is 5.75 Å². The first kappa shape index (κ1) is 28.6. The van der Waals surface area contributed by atoms with Crippen LogP contribution in [0.25, 0.3) is 6.08 Å². The fraction of sp³-hybridized carbons (Fsp3) is 0. The van der Waals surface area contributed by atoms with Crippen LogP contribution in [0.15, 0.2) is 101 Å². The molecule has 1 heterocycles. The van der Waals surface area contributed by atoms with Crippen molar-refractivity contribution in [1.82, 2.24) is 5.43 Å². The van der Waals surface area contributed by atoms with Gasteiger partial charge >= 0.3 is 5.97 Å². The third-order valence-corrected chi connectivity index (χ3v) is 5.43. The lowest BCUT2D eigenvalue weighted by Crippen LogP contribution is -2.18. The summed E-state index contributed by atoms with van der Waals surface area (Å²) in [6, 6.07) is 17.9. The van der Waals surface area contributed by atoms with Crippen LogP contribution >= 0.6 is 0 Å². The molecule has 0 saturated carbocycles. The number of nitrogens with one attached hydrogen (secondary N) is 2. The second-order valence-electron chi connectivity index (χ2n) is 8.29. The maximum atomic E-state index is 12.5. The van der Waals surface area contributed by atoms with Crippen molar-refractivity contribution in [2.45, 2.75) is 0 Å². The molecule has 0 fully saturated rings. The fourth-order valence-corrected chi connectivity index (χ4v) is 3.42. The number of hydrogen-bond acceptors (Lipinski definition) is 10. The Balaban J connectivity index is 1.42. The van der Waals surface area contributed by atoms with E-state index in [-0.39, 0.29) is 34.0 Å². The summed E-state index contributed by atoms with van der Waals surface area (Å²) >= 11 is 0. The number of hydrazone groups is 1. The molecule has 3 aromatic carbocycles. The number of hydrogen-bond donors (Lipinski definition) is 2. The van der Waals surface area contributed by atoms with Crippen molar-refractivity contribution in [3.05, 3.63) is 134 Å². The van der Waals surface area contributed by atoms with E-state index in [0.717, 1.165) is 24.4 Å². The van der Waals surface area contributed by atoms with Crippen LogP contribution in [0.4, 0.5) is 17.1 Å². The number of furan rings is 1. The monoisotopic (exact) mass is 569 g/mol. The maximum absolute atomic E-state index is 12.5. The molecule has 0 aliphatic carbocycles. The number of anilines is 1. The Hall–Kier alpha value is -6.44. The van der Waals surface area contributed by atoms with Crippen LogP contribution in [0.1, 0.15) is 32.0 Å². The predicted octanol–water partition coefficient (Wildman–Crippen LogP) is 4.73. The highest BCUT2D eigenvalue weighted by Crippen LogP contribution is 2.23. The number of rotatable bonds is 10. The van der Waals surface area contributed by atoms with Crippen LogP contribution in [0.5, 0.6) is 5.75 Å². The van der Waals surface area contributed by atoms with Crippen LogP contribution in [-0.2, 0) is 4.79 Å². The molecule has 42 heavy (non-hydrogen) atoms. The third kappa shape index (κ3) is 7.57. The minimum absolute atomic E-state index is 0.0117. The highest BCUT2D eigenvalue weighted by molar-refractivity contribution is 6.02. The Bertz CT molecular complexity index is 1710. The van der Waals surface area contributed by atoms with Gasteiger partial charge in [0, 0.05) is 47.2 Å². The van der Waals surface area contributed by atoms with E-state index in [4.69, 9.17) is 9.15 Å². The fourth-order valence-electron chi connectivity index (χ4n) is 3.42. The highest BCUT2D eigenvalue weighted by Gasteiger charge is 2.14. The van der Waals surface area contributed by atoms with Gasteiger partial charge in [0.25, 0.3) is 23.2 Å². The number of nitro groups is 2. The molecular weight excluding hydrogens is 550 g/mol. The van der Waals surface area contributed by atoms with E-state index in [1.54, 1.807) is 12.1 Å². The van der Waals surface area contributed by atoms with E-state index in [2.05, 4.69) is 15.8 Å². The van der Waals surface area contributed by atoms with Gasteiger partial charge in [-0.05, 0) is 54.1 Å². The molecule has 0 aliphatic heterocycles. The van der Waals surface area contributed by atoms with E-state index in [0.29, 0.717) is 11.3 Å². The zero-order valence-corrected chi connectivity index (χ0v) is 21.3. The lowest BCUT2D eigenvalue weighted by atomic mass is 10.2. The molecule has 1 aromatic heterocycles. The molecule has 4 rings (SSSR count). The quantitative estimate of drug-likeness (QED) is 0.0677. The third-order valence-electron chi connectivity index (χ3n) is 5.43. The minimum Gasteiger partial charge on any atom is -0.459 e. The normalized spacial score (nSPS) is 10.9. The predicted molar refractivity (Wildman–Crippen MR) is 149 cm³/mol. The maximum Gasteiger partial charge on any atom is 0.336 e. The van der Waals surface area contributed by atoms with Gasteiger partial charge in [-0.25, -0.2) is 10.2 Å². The Morgan fingerprint density at radius 1 is 0.857 bits per heavy atom. The smallest absolute Gasteiger partial charge is 0.336 e. The summed E-state index contributed by atoms with van der Waals surface area (Å²) < 4.78 is 10.3. The molecule has 0 bridgehead atoms. The van der Waals surface area contributed by atoms with Gasteiger partial charge in [0.05, 0.1) is 22.3 Å². The summed E-state index contributed by atoms with van der Waals surface area (Å²) in [5.74, 6) is -1.93. The first-order valence-corrected chi connectivity index (χ1v) is 11.9. The van der Waals surface area contributed by atoms with Crippen LogP contribution < -0.4 is 15.5 Å². The Labute approximate surface area is 236 Å². The summed E-state index contributed by atoms with van der Waals surface area (Å²) in [4.78, 5) is 57.9. The van der Waals surface area contributed by atoms with Crippen molar-refractivity contribution in [3.63, 3.8) is 0 Å². The van der Waals surface area contributed by atoms with Gasteiger partial charge in [-0.2, -0.15) is 5.10 Å². The van der Waals surface area contributed by atoms with Crippen molar-refractivity contribution in [2.75, 3.05) is 5.32 Å². The Morgan fingerprint density at radius 2 is 1.60 bits per heavy atom. The van der Waals surface area contributed by atoms with Gasteiger partial charge in [-0.1, -0.05) is 12.1 Å². The molecule has 2 amide bonds. The summed E-state index contributed by atoms with van der Waals surface area (Å²) in [7, 11) is 0. The van der Waals surface area contributed by atoms with Crippen molar-refractivity contribution < 1.29 is 33.4 Å². The molecule has 0 saturated heterocycles. The molecule has 0 aliphatic rings. The number of non-ortho nitro benzene ring substituents is 2. The van der Waals surface area contributed by atoms with Crippen molar-refractivity contribution in [1.29, 1.82) is 0 Å². The first-order valence-electron chi connectivity index (χ1n) is 11.9. The SMILES string of the molecule is O=C(/C=C/c1cccc([N+](=O)[O-])c1)Oc1ccc([N+](=O)[O-])cc1/C=N/NC(=O)c1ccc(NC(=O)c2ccco2)cc1. The standard InChI is InChI=1S/C28H19N5O9/c34-26(13-6-18-3-1-4-22(15-18)32(37)38)42-24-12-11-23(33(39)40)16-20(24)17-29-31-27(35)19-7-9-21(10-8-19)30-28(36)25-5-2-14-41-25/h1-17H,(H,30,36)(H,31,35)/b13-6+,29-17+. The zero-order chi connectivity index (χ0) is 30.1. The van der Waals surface area contributed by atoms with Gasteiger partial charge in [-0.15, -0.1) is 0 Å².